The summed E-state index contributed by atoms with van der Waals surface area (Å²) in [6, 6.07) is 9.36. The highest BCUT2D eigenvalue weighted by Gasteiger charge is 2.55. The van der Waals surface area contributed by atoms with Gasteiger partial charge in [0.2, 0.25) is 4.71 Å². The summed E-state index contributed by atoms with van der Waals surface area (Å²) in [4.78, 5) is 12.8. The Labute approximate surface area is 204 Å². The lowest BCUT2D eigenvalue weighted by Crippen LogP contribution is -2.43. The van der Waals surface area contributed by atoms with E-state index in [1.54, 1.807) is 5.57 Å². The lowest BCUT2D eigenvalue weighted by atomic mass is 9.51. The van der Waals surface area contributed by atoms with Gasteiger partial charge in [0, 0.05) is 23.0 Å². The van der Waals surface area contributed by atoms with Gasteiger partial charge in [-0.3, -0.25) is 4.79 Å². The smallest absolute Gasteiger partial charge is 0.229 e. The Bertz CT molecular complexity index is 1030. The Morgan fingerprint density at radius 1 is 1.16 bits per heavy atom. The van der Waals surface area contributed by atoms with Crippen LogP contribution in [-0.4, -0.2) is 15.0 Å². The van der Waals surface area contributed by atoms with E-state index in [-0.39, 0.29) is 16.6 Å². The Morgan fingerprint density at radius 3 is 2.66 bits per heavy atom. The molecule has 0 spiro atoms. The first-order valence-electron chi connectivity index (χ1n) is 11.7. The van der Waals surface area contributed by atoms with Gasteiger partial charge in [-0.25, -0.2) is 0 Å². The molecule has 0 radical (unpaired) electrons. The minimum absolute atomic E-state index is 0.0399. The van der Waals surface area contributed by atoms with Crippen LogP contribution in [0.5, 0.6) is 0 Å². The molecule has 0 amide bonds. The molecule has 32 heavy (non-hydrogen) atoms. The van der Waals surface area contributed by atoms with Crippen LogP contribution >= 0.6 is 23.2 Å². The maximum Gasteiger partial charge on any atom is 0.229 e. The van der Waals surface area contributed by atoms with Gasteiger partial charge in [0.1, 0.15) is 0 Å². The minimum Gasteiger partial charge on any atom is -0.610 e. The van der Waals surface area contributed by atoms with Gasteiger partial charge in [0.25, 0.3) is 0 Å². The summed E-state index contributed by atoms with van der Waals surface area (Å²) in [5, 5.41) is 0.585. The van der Waals surface area contributed by atoms with Crippen molar-refractivity contribution in [2.45, 2.75) is 68.4 Å². The van der Waals surface area contributed by atoms with Crippen LogP contribution in [0.3, 0.4) is 0 Å². The molecule has 1 aromatic rings. The molecule has 0 aromatic heterocycles. The van der Waals surface area contributed by atoms with Gasteiger partial charge in [0.05, 0.1) is 5.03 Å². The Balaban J connectivity index is 1.47. The standard InChI is InChI=1S/C27H30Cl2O2S/c1-26-14-12-18(30)16-17(26)8-9-20-21-10-11-23(27(21,2)15-13-22(20)26)24(28)25(29)32(31)19-6-4-3-5-7-19/h3-7,13,16,20-21,25H,8-12,14-15H2,1-2H3/t20-,21-,25?,26-,27-,32?/m0/s1. The normalized spacial score (nSPS) is 37.5. The van der Waals surface area contributed by atoms with Crippen LogP contribution in [0.25, 0.3) is 0 Å². The van der Waals surface area contributed by atoms with Crippen molar-refractivity contribution >= 4 is 40.2 Å². The van der Waals surface area contributed by atoms with Crippen LogP contribution in [-0.2, 0) is 16.0 Å². The van der Waals surface area contributed by atoms with Crippen LogP contribution < -0.4 is 0 Å². The molecule has 5 rings (SSSR count). The number of carbonyl (C=O) groups is 1. The quantitative estimate of drug-likeness (QED) is 0.254. The largest absolute Gasteiger partial charge is 0.610 e. The molecule has 6 atom stereocenters. The molecule has 4 aliphatic rings. The van der Waals surface area contributed by atoms with Crippen LogP contribution in [0.15, 0.2) is 69.1 Å². The van der Waals surface area contributed by atoms with E-state index in [2.05, 4.69) is 19.9 Å². The fourth-order valence-electron chi connectivity index (χ4n) is 6.97. The molecule has 0 N–H and O–H groups in total. The first kappa shape index (κ1) is 22.8. The third-order valence-electron chi connectivity index (χ3n) is 8.77. The Hall–Kier alpha value is -1.00. The second-order valence-electron chi connectivity index (χ2n) is 10.3. The second-order valence-corrected chi connectivity index (χ2v) is 12.9. The van der Waals surface area contributed by atoms with Gasteiger partial charge in [-0.05, 0) is 79.6 Å². The van der Waals surface area contributed by atoms with Crippen molar-refractivity contribution in [3.63, 3.8) is 0 Å². The topological polar surface area (TPSA) is 40.1 Å². The molecule has 1 aromatic carbocycles. The van der Waals surface area contributed by atoms with E-state index in [0.29, 0.717) is 28.2 Å². The van der Waals surface area contributed by atoms with E-state index in [9.17, 15) is 9.35 Å². The number of fused-ring (bicyclic) bond motifs is 5. The van der Waals surface area contributed by atoms with E-state index < -0.39 is 15.9 Å². The molecule has 0 aliphatic heterocycles. The van der Waals surface area contributed by atoms with Crippen molar-refractivity contribution in [1.82, 2.24) is 0 Å². The number of allylic oxidation sites excluding steroid dienone is 5. The molecule has 170 valence electrons. The van der Waals surface area contributed by atoms with Gasteiger partial charge in [0.15, 0.2) is 10.7 Å². The molecule has 2 saturated carbocycles. The molecular weight excluding hydrogens is 459 g/mol. The number of carbonyl (C=O) groups excluding carboxylic acids is 1. The van der Waals surface area contributed by atoms with Crippen molar-refractivity contribution in [3.8, 4) is 0 Å². The minimum atomic E-state index is -1.39. The van der Waals surface area contributed by atoms with Crippen molar-refractivity contribution in [2.24, 2.45) is 22.7 Å². The van der Waals surface area contributed by atoms with Crippen LogP contribution in [0.2, 0.25) is 0 Å². The highest BCUT2D eigenvalue weighted by Crippen LogP contribution is 2.65. The second kappa shape index (κ2) is 8.34. The Morgan fingerprint density at radius 2 is 1.91 bits per heavy atom. The molecule has 2 nitrogen and oxygen atoms in total. The van der Waals surface area contributed by atoms with Crippen molar-refractivity contribution in [2.75, 3.05) is 0 Å². The summed E-state index contributed by atoms with van der Waals surface area (Å²) in [5.41, 5.74) is 4.09. The third kappa shape index (κ3) is 3.47. The summed E-state index contributed by atoms with van der Waals surface area (Å²) in [7, 11) is 0. The predicted octanol–water partition coefficient (Wildman–Crippen LogP) is 7.30. The summed E-state index contributed by atoms with van der Waals surface area (Å²) in [6.07, 6.45) is 11.1. The van der Waals surface area contributed by atoms with E-state index in [0.717, 1.165) is 38.5 Å². The molecule has 0 heterocycles. The summed E-state index contributed by atoms with van der Waals surface area (Å²) < 4.78 is 12.4. The average molecular weight is 490 g/mol. The number of hydrogen-bond acceptors (Lipinski definition) is 2. The molecule has 5 heteroatoms. The zero-order valence-corrected chi connectivity index (χ0v) is 21.0. The summed E-state index contributed by atoms with van der Waals surface area (Å²) in [6.45, 7) is 4.69. The molecular formula is C27H30Cl2O2S. The molecule has 0 saturated heterocycles. The van der Waals surface area contributed by atoms with Crippen molar-refractivity contribution < 1.29 is 9.35 Å². The SMILES string of the molecule is C[C@]12CCC(=O)C=C1CC[C@@H]1C2=CC[C@]2(C)C(=C(Cl)C(Cl)[S+]([O-])c3ccccc3)CC[C@@H]12. The maximum absolute atomic E-state index is 13.1. The number of alkyl halides is 1. The maximum atomic E-state index is 13.1. The highest BCUT2D eigenvalue weighted by molar-refractivity contribution is 7.93. The van der Waals surface area contributed by atoms with E-state index in [1.807, 2.05) is 36.4 Å². The van der Waals surface area contributed by atoms with Crippen LogP contribution in [0.1, 0.15) is 58.8 Å². The van der Waals surface area contributed by atoms with Gasteiger partial charge in [-0.15, -0.1) is 0 Å². The van der Waals surface area contributed by atoms with Crippen molar-refractivity contribution in [3.05, 3.63) is 64.2 Å². The number of rotatable bonds is 3. The molecule has 2 fully saturated rings. The zero-order chi connectivity index (χ0) is 22.7. The predicted molar refractivity (Wildman–Crippen MR) is 132 cm³/mol. The lowest BCUT2D eigenvalue weighted by Gasteiger charge is -2.52. The number of hydrogen-bond donors (Lipinski definition) is 0. The first-order chi connectivity index (χ1) is 15.3. The third-order valence-corrected chi connectivity index (χ3v) is 11.5. The summed E-state index contributed by atoms with van der Waals surface area (Å²) in [5.74, 6) is 1.34. The Kier molecular flexibility index (Phi) is 5.94. The fraction of sp³-hybridized carbons (Fsp3) is 0.519. The fourth-order valence-corrected chi connectivity index (χ4v) is 8.96. The number of benzene rings is 1. The van der Waals surface area contributed by atoms with Crippen molar-refractivity contribution in [1.29, 1.82) is 0 Å². The summed E-state index contributed by atoms with van der Waals surface area (Å²) >= 11 is 12.2. The average Bonchev–Trinajstić information content (AvgIpc) is 3.16. The van der Waals surface area contributed by atoms with E-state index >= 15 is 0 Å². The number of halogens is 2. The van der Waals surface area contributed by atoms with Crippen LogP contribution in [0, 0.1) is 22.7 Å². The van der Waals surface area contributed by atoms with E-state index in [1.165, 1.54) is 11.1 Å². The molecule has 0 bridgehead atoms. The van der Waals surface area contributed by atoms with Crippen LogP contribution in [0.4, 0.5) is 0 Å². The molecule has 4 aliphatic carbocycles. The highest BCUT2D eigenvalue weighted by atomic mass is 35.5. The van der Waals surface area contributed by atoms with Gasteiger partial charge in [-0.2, -0.15) is 0 Å². The zero-order valence-electron chi connectivity index (χ0n) is 18.7. The van der Waals surface area contributed by atoms with Gasteiger partial charge in [-0.1, -0.05) is 72.5 Å². The number of ketones is 1. The lowest BCUT2D eigenvalue weighted by molar-refractivity contribution is -0.115. The molecule has 2 unspecified atom stereocenters. The monoisotopic (exact) mass is 488 g/mol. The van der Waals surface area contributed by atoms with Gasteiger partial charge >= 0.3 is 0 Å². The van der Waals surface area contributed by atoms with E-state index in [4.69, 9.17) is 23.2 Å². The first-order valence-corrected chi connectivity index (χ1v) is 13.7. The van der Waals surface area contributed by atoms with Gasteiger partial charge < -0.3 is 4.55 Å².